The smallest absolute Gasteiger partial charge is 0.227 e. The highest BCUT2D eigenvalue weighted by atomic mass is 16.5. The molecule has 4 rings (SSSR count). The van der Waals surface area contributed by atoms with Gasteiger partial charge in [-0.1, -0.05) is 42.9 Å². The summed E-state index contributed by atoms with van der Waals surface area (Å²) in [6.45, 7) is 4.64. The lowest BCUT2D eigenvalue weighted by atomic mass is 9.57. The number of aliphatic hydroxyl groups is 2. The fourth-order valence-electron chi connectivity index (χ4n) is 6.26. The van der Waals surface area contributed by atoms with Crippen LogP contribution in [0.25, 0.3) is 0 Å². The minimum atomic E-state index is -0.717. The highest BCUT2D eigenvalue weighted by molar-refractivity contribution is 5.98. The summed E-state index contributed by atoms with van der Waals surface area (Å²) in [7, 11) is 0. The van der Waals surface area contributed by atoms with E-state index in [1.807, 2.05) is 31.2 Å². The van der Waals surface area contributed by atoms with E-state index in [2.05, 4.69) is 18.3 Å². The van der Waals surface area contributed by atoms with Gasteiger partial charge in [-0.25, -0.2) is 0 Å². The molecule has 3 unspecified atom stereocenters. The highest BCUT2D eigenvalue weighted by Crippen LogP contribution is 2.55. The van der Waals surface area contributed by atoms with Gasteiger partial charge in [-0.3, -0.25) is 9.59 Å². The minimum Gasteiger partial charge on any atom is -0.393 e. The molecule has 9 atom stereocenters. The van der Waals surface area contributed by atoms with Crippen molar-refractivity contribution in [2.24, 2.45) is 29.6 Å². The number of aliphatic hydroxyl groups excluding tert-OH is 2. The van der Waals surface area contributed by atoms with Crippen molar-refractivity contribution in [1.82, 2.24) is 5.32 Å². The molecule has 1 saturated heterocycles. The van der Waals surface area contributed by atoms with Crippen LogP contribution in [0.15, 0.2) is 36.0 Å². The summed E-state index contributed by atoms with van der Waals surface area (Å²) >= 11 is 0. The van der Waals surface area contributed by atoms with Crippen molar-refractivity contribution in [3.63, 3.8) is 0 Å². The minimum absolute atomic E-state index is 0.0380. The molecule has 2 aliphatic heterocycles. The fourth-order valence-corrected chi connectivity index (χ4v) is 6.26. The van der Waals surface area contributed by atoms with Gasteiger partial charge in [0.15, 0.2) is 0 Å². The Kier molecular flexibility index (Phi) is 6.80. The molecule has 2 saturated carbocycles. The first-order chi connectivity index (χ1) is 14.8. The van der Waals surface area contributed by atoms with Crippen LogP contribution in [0.3, 0.4) is 0 Å². The number of rotatable bonds is 0. The largest absolute Gasteiger partial charge is 0.393 e. The van der Waals surface area contributed by atoms with Crippen molar-refractivity contribution in [2.45, 2.75) is 70.4 Å². The third kappa shape index (κ3) is 4.71. The number of carbonyl (C=O) groups is 2. The summed E-state index contributed by atoms with van der Waals surface area (Å²) in [4.78, 5) is 25.0. The Bertz CT molecular complexity index is 787. The molecular weight excluding hydrogens is 394 g/mol. The topological polar surface area (TPSA) is 95.9 Å². The van der Waals surface area contributed by atoms with Crippen molar-refractivity contribution < 1.29 is 24.5 Å². The van der Waals surface area contributed by atoms with Gasteiger partial charge in [0.25, 0.3) is 0 Å². The van der Waals surface area contributed by atoms with Crippen LogP contribution in [0.2, 0.25) is 0 Å². The zero-order chi connectivity index (χ0) is 22.1. The molecule has 0 aromatic carbocycles. The SMILES string of the molecule is C/C1=C/C=C/C=C/C(C)CNC(=O)CC(=O)C[C@@H]2O[C@H]3C4C(CC[C@H]1[C@H]42)[C@H](O)C[C@@H]3O. The van der Waals surface area contributed by atoms with Gasteiger partial charge in [-0.15, -0.1) is 0 Å². The predicted octanol–water partition coefficient (Wildman–Crippen LogP) is 2.31. The van der Waals surface area contributed by atoms with E-state index in [4.69, 9.17) is 4.74 Å². The zero-order valence-electron chi connectivity index (χ0n) is 18.4. The second-order valence-electron chi connectivity index (χ2n) is 9.89. The first-order valence-electron chi connectivity index (χ1n) is 11.7. The maximum atomic E-state index is 12.8. The second kappa shape index (κ2) is 9.39. The Balaban J connectivity index is 1.66. The van der Waals surface area contributed by atoms with Crippen molar-refractivity contribution in [3.8, 4) is 0 Å². The molecule has 4 aliphatic rings. The molecular formula is C25H35NO5. The molecule has 0 spiro atoms. The lowest BCUT2D eigenvalue weighted by Crippen LogP contribution is -2.52. The first-order valence-corrected chi connectivity index (χ1v) is 11.7. The predicted molar refractivity (Wildman–Crippen MR) is 117 cm³/mol. The average Bonchev–Trinajstić information content (AvgIpc) is 3.09. The zero-order valence-corrected chi connectivity index (χ0v) is 18.4. The molecule has 6 heteroatoms. The Morgan fingerprint density at radius 2 is 1.87 bits per heavy atom. The van der Waals surface area contributed by atoms with Gasteiger partial charge >= 0.3 is 0 Å². The number of carbonyl (C=O) groups excluding carboxylic acids is 2. The summed E-state index contributed by atoms with van der Waals surface area (Å²) in [5, 5.41) is 24.1. The van der Waals surface area contributed by atoms with E-state index in [-0.39, 0.29) is 66.3 Å². The molecule has 3 fully saturated rings. The van der Waals surface area contributed by atoms with Crippen molar-refractivity contribution in [3.05, 3.63) is 36.0 Å². The number of Topliss-reactive ketones (excluding diaryl/α,β-unsaturated/α-hetero) is 1. The molecule has 31 heavy (non-hydrogen) atoms. The lowest BCUT2D eigenvalue weighted by Gasteiger charge is -2.47. The number of ketones is 1. The van der Waals surface area contributed by atoms with E-state index >= 15 is 0 Å². The standard InChI is InChI=1S/C25H35NO5/c1-14-6-4-3-5-7-15(2)17-8-9-18-19(28)12-20(29)25-24(18)23(17)21(31-25)10-16(27)11-22(30)26-13-14/h3-7,14,17-21,23-25,28-29H,8-13H2,1-2H3,(H,26,30)/b5-3+,6-4+,15-7-/t14?,17-,18?,19-,20+,21+,23+,24?,25-/m1/s1. The number of nitrogens with one attached hydrogen (secondary N) is 1. The van der Waals surface area contributed by atoms with E-state index in [0.29, 0.717) is 13.0 Å². The van der Waals surface area contributed by atoms with Crippen molar-refractivity contribution in [1.29, 1.82) is 0 Å². The molecule has 2 heterocycles. The molecule has 0 aromatic rings. The van der Waals surface area contributed by atoms with E-state index in [0.717, 1.165) is 12.8 Å². The van der Waals surface area contributed by atoms with Gasteiger partial charge in [0.05, 0.1) is 30.8 Å². The summed E-state index contributed by atoms with van der Waals surface area (Å²) in [6, 6.07) is 0. The van der Waals surface area contributed by atoms with Crippen LogP contribution in [-0.4, -0.2) is 52.9 Å². The van der Waals surface area contributed by atoms with Gasteiger partial charge < -0.3 is 20.3 Å². The molecule has 3 N–H and O–H groups in total. The summed E-state index contributed by atoms with van der Waals surface area (Å²) in [5.74, 6) is 0.217. The van der Waals surface area contributed by atoms with Crippen LogP contribution in [-0.2, 0) is 14.3 Å². The maximum Gasteiger partial charge on any atom is 0.227 e. The molecule has 2 aliphatic carbocycles. The van der Waals surface area contributed by atoms with E-state index < -0.39 is 12.2 Å². The number of hydrogen-bond donors (Lipinski definition) is 3. The number of allylic oxidation sites excluding steroid dienone is 5. The van der Waals surface area contributed by atoms with Gasteiger partial charge in [0.2, 0.25) is 5.91 Å². The summed E-state index contributed by atoms with van der Waals surface area (Å²) < 4.78 is 6.32. The number of hydrogen-bond acceptors (Lipinski definition) is 5. The normalized spacial score (nSPS) is 47.6. The highest BCUT2D eigenvalue weighted by Gasteiger charge is 2.59. The Morgan fingerprint density at radius 1 is 1.06 bits per heavy atom. The van der Waals surface area contributed by atoms with Crippen LogP contribution in [0.5, 0.6) is 0 Å². The number of ether oxygens (including phenoxy) is 1. The third-order valence-corrected chi connectivity index (χ3v) is 7.73. The van der Waals surface area contributed by atoms with E-state index in [9.17, 15) is 19.8 Å². The lowest BCUT2D eigenvalue weighted by molar-refractivity contribution is -0.132. The maximum absolute atomic E-state index is 12.8. The first kappa shape index (κ1) is 22.4. The second-order valence-corrected chi connectivity index (χ2v) is 9.89. The van der Waals surface area contributed by atoms with Crippen LogP contribution in [0.4, 0.5) is 0 Å². The fraction of sp³-hybridized carbons (Fsp3) is 0.680. The van der Waals surface area contributed by atoms with Crippen molar-refractivity contribution in [2.75, 3.05) is 6.54 Å². The van der Waals surface area contributed by atoms with Crippen LogP contribution >= 0.6 is 0 Å². The molecule has 0 aromatic heterocycles. The van der Waals surface area contributed by atoms with Crippen LogP contribution in [0.1, 0.15) is 46.0 Å². The van der Waals surface area contributed by atoms with E-state index in [1.165, 1.54) is 5.57 Å². The number of amides is 1. The average molecular weight is 430 g/mol. The summed E-state index contributed by atoms with van der Waals surface area (Å²) in [5.41, 5.74) is 1.24. The van der Waals surface area contributed by atoms with Crippen molar-refractivity contribution >= 4 is 11.7 Å². The third-order valence-electron chi connectivity index (χ3n) is 7.73. The molecule has 6 nitrogen and oxygen atoms in total. The van der Waals surface area contributed by atoms with Crippen LogP contribution < -0.4 is 5.32 Å². The molecule has 1 amide bonds. The Hall–Kier alpha value is -1.76. The van der Waals surface area contributed by atoms with Gasteiger partial charge in [-0.05, 0) is 49.4 Å². The monoisotopic (exact) mass is 429 g/mol. The van der Waals surface area contributed by atoms with Crippen LogP contribution in [0, 0.1) is 29.6 Å². The Labute approximate surface area is 184 Å². The van der Waals surface area contributed by atoms with E-state index in [1.54, 1.807) is 0 Å². The Morgan fingerprint density at radius 3 is 2.68 bits per heavy atom. The summed E-state index contributed by atoms with van der Waals surface area (Å²) in [6.07, 6.45) is 10.5. The van der Waals surface area contributed by atoms with Gasteiger partial charge in [0, 0.05) is 19.4 Å². The molecule has 0 bridgehead atoms. The molecule has 170 valence electrons. The van der Waals surface area contributed by atoms with Gasteiger partial charge in [0.1, 0.15) is 5.78 Å². The van der Waals surface area contributed by atoms with Gasteiger partial charge in [-0.2, -0.15) is 0 Å². The molecule has 0 radical (unpaired) electrons. The quantitative estimate of drug-likeness (QED) is 0.514.